The number of anilines is 1. The van der Waals surface area contributed by atoms with E-state index in [1.165, 1.54) is 0 Å². The Hall–Kier alpha value is -2.26. The summed E-state index contributed by atoms with van der Waals surface area (Å²) in [7, 11) is -3.90. The van der Waals surface area contributed by atoms with Crippen LogP contribution < -0.4 is 14.8 Å². The van der Waals surface area contributed by atoms with E-state index in [-0.39, 0.29) is 4.90 Å². The van der Waals surface area contributed by atoms with Crippen LogP contribution in [0.25, 0.3) is 0 Å². The molecule has 1 saturated heterocycles. The minimum atomic E-state index is -4.82. The first kappa shape index (κ1) is 18.5. The molecule has 0 amide bonds. The highest BCUT2D eigenvalue weighted by molar-refractivity contribution is 7.92. The number of hydrogen-bond donors (Lipinski definition) is 2. The Labute approximate surface area is 149 Å². The summed E-state index contributed by atoms with van der Waals surface area (Å²) >= 11 is 0. The summed E-state index contributed by atoms with van der Waals surface area (Å²) in [6, 6.07) is 11.1. The van der Waals surface area contributed by atoms with Gasteiger partial charge in [0.05, 0.1) is 4.90 Å². The van der Waals surface area contributed by atoms with Gasteiger partial charge in [0, 0.05) is 12.2 Å². The first-order valence-corrected chi connectivity index (χ1v) is 9.40. The molecule has 0 saturated carbocycles. The first-order valence-electron chi connectivity index (χ1n) is 7.92. The Morgan fingerprint density at radius 1 is 1.04 bits per heavy atom. The van der Waals surface area contributed by atoms with Gasteiger partial charge in [-0.15, -0.1) is 13.2 Å². The lowest BCUT2D eigenvalue weighted by atomic mass is 9.98. The molecule has 2 N–H and O–H groups in total. The number of benzene rings is 2. The van der Waals surface area contributed by atoms with E-state index in [9.17, 15) is 21.6 Å². The lowest BCUT2D eigenvalue weighted by Crippen LogP contribution is -2.17. The zero-order valence-electron chi connectivity index (χ0n) is 13.6. The molecule has 2 aromatic rings. The molecule has 1 unspecified atom stereocenters. The van der Waals surface area contributed by atoms with Gasteiger partial charge in [-0.1, -0.05) is 12.1 Å². The molecule has 2 aromatic carbocycles. The third-order valence-corrected chi connectivity index (χ3v) is 5.46. The maximum atomic E-state index is 12.4. The minimum Gasteiger partial charge on any atom is -0.406 e. The van der Waals surface area contributed by atoms with Gasteiger partial charge < -0.3 is 10.1 Å². The van der Waals surface area contributed by atoms with Crippen LogP contribution in [-0.4, -0.2) is 27.9 Å². The highest BCUT2D eigenvalue weighted by atomic mass is 32.2. The maximum Gasteiger partial charge on any atom is 0.573 e. The summed E-state index contributed by atoms with van der Waals surface area (Å²) in [5.74, 6) is -0.0622. The average molecular weight is 386 g/mol. The number of ether oxygens (including phenoxy) is 1. The molecule has 0 radical (unpaired) electrons. The van der Waals surface area contributed by atoms with E-state index < -0.39 is 22.1 Å². The average Bonchev–Trinajstić information content (AvgIpc) is 3.09. The molecule has 1 heterocycles. The van der Waals surface area contributed by atoms with Crippen molar-refractivity contribution in [2.75, 3.05) is 17.8 Å². The molecular weight excluding hydrogens is 369 g/mol. The third-order valence-electron chi connectivity index (χ3n) is 4.06. The number of nitrogens with one attached hydrogen (secondary N) is 2. The van der Waals surface area contributed by atoms with Gasteiger partial charge in [-0.25, -0.2) is 8.42 Å². The van der Waals surface area contributed by atoms with Crippen molar-refractivity contribution in [1.82, 2.24) is 5.32 Å². The summed E-state index contributed by atoms with van der Waals surface area (Å²) < 4.78 is 67.3. The SMILES string of the molecule is O=S(=O)(Nc1ccc(C2CCNC2)cc1)c1ccc(OC(F)(F)F)cc1. The molecule has 1 atom stereocenters. The maximum absolute atomic E-state index is 12.4. The molecule has 1 aliphatic heterocycles. The standard InChI is InChI=1S/C17H17F3N2O3S/c18-17(19,20)25-15-5-7-16(8-6-15)26(23,24)22-14-3-1-12(2-4-14)13-9-10-21-11-13/h1-8,13,21-22H,9-11H2. The Bertz CT molecular complexity index is 844. The van der Waals surface area contributed by atoms with Crippen molar-refractivity contribution < 1.29 is 26.3 Å². The van der Waals surface area contributed by atoms with E-state index in [1.54, 1.807) is 12.1 Å². The fraction of sp³-hybridized carbons (Fsp3) is 0.294. The van der Waals surface area contributed by atoms with Gasteiger partial charge in [0.2, 0.25) is 0 Å². The van der Waals surface area contributed by atoms with E-state index >= 15 is 0 Å². The molecule has 1 fully saturated rings. The van der Waals surface area contributed by atoms with Crippen LogP contribution in [0.2, 0.25) is 0 Å². The van der Waals surface area contributed by atoms with Crippen LogP contribution in [0.5, 0.6) is 5.75 Å². The van der Waals surface area contributed by atoms with Crippen molar-refractivity contribution in [3.8, 4) is 5.75 Å². The molecule has 0 spiro atoms. The third kappa shape index (κ3) is 4.67. The van der Waals surface area contributed by atoms with E-state index in [0.29, 0.717) is 11.6 Å². The molecule has 26 heavy (non-hydrogen) atoms. The van der Waals surface area contributed by atoms with Crippen molar-refractivity contribution in [2.45, 2.75) is 23.6 Å². The second-order valence-corrected chi connectivity index (χ2v) is 7.62. The van der Waals surface area contributed by atoms with Crippen LogP contribution in [0.15, 0.2) is 53.4 Å². The van der Waals surface area contributed by atoms with Gasteiger partial charge in [-0.05, 0) is 60.8 Å². The summed E-state index contributed by atoms with van der Waals surface area (Å²) in [4.78, 5) is -0.156. The molecule has 9 heteroatoms. The molecule has 140 valence electrons. The van der Waals surface area contributed by atoms with Gasteiger partial charge >= 0.3 is 6.36 Å². The lowest BCUT2D eigenvalue weighted by molar-refractivity contribution is -0.274. The number of alkyl halides is 3. The van der Waals surface area contributed by atoms with Crippen molar-refractivity contribution in [1.29, 1.82) is 0 Å². The van der Waals surface area contributed by atoms with E-state index in [4.69, 9.17) is 0 Å². The number of hydrogen-bond acceptors (Lipinski definition) is 4. The fourth-order valence-electron chi connectivity index (χ4n) is 2.80. The first-order chi connectivity index (χ1) is 12.2. The Balaban J connectivity index is 1.70. The second-order valence-electron chi connectivity index (χ2n) is 5.94. The topological polar surface area (TPSA) is 67.4 Å². The zero-order valence-corrected chi connectivity index (χ0v) is 14.4. The van der Waals surface area contributed by atoms with Crippen molar-refractivity contribution in [3.63, 3.8) is 0 Å². The molecule has 0 aliphatic carbocycles. The predicted molar refractivity (Wildman–Crippen MR) is 90.6 cm³/mol. The predicted octanol–water partition coefficient (Wildman–Crippen LogP) is 3.46. The Morgan fingerprint density at radius 2 is 1.69 bits per heavy atom. The van der Waals surface area contributed by atoms with E-state index in [0.717, 1.165) is 49.3 Å². The molecule has 3 rings (SSSR count). The van der Waals surface area contributed by atoms with Crippen LogP contribution in [0.1, 0.15) is 17.9 Å². The summed E-state index contributed by atoms with van der Waals surface area (Å²) in [6.45, 7) is 1.87. The van der Waals surface area contributed by atoms with Gasteiger partial charge in [0.15, 0.2) is 0 Å². The number of sulfonamides is 1. The lowest BCUT2D eigenvalue weighted by Gasteiger charge is -2.12. The summed E-state index contributed by atoms with van der Waals surface area (Å²) in [6.07, 6.45) is -3.79. The van der Waals surface area contributed by atoms with Crippen LogP contribution >= 0.6 is 0 Å². The molecule has 0 aromatic heterocycles. The minimum absolute atomic E-state index is 0.156. The van der Waals surface area contributed by atoms with Crippen LogP contribution in [-0.2, 0) is 10.0 Å². The van der Waals surface area contributed by atoms with Gasteiger partial charge in [-0.2, -0.15) is 0 Å². The van der Waals surface area contributed by atoms with Crippen LogP contribution in [0.3, 0.4) is 0 Å². The normalized spacial score (nSPS) is 17.9. The Kier molecular flexibility index (Phi) is 5.10. The quantitative estimate of drug-likeness (QED) is 0.826. The summed E-state index contributed by atoms with van der Waals surface area (Å²) in [5.41, 5.74) is 1.52. The fourth-order valence-corrected chi connectivity index (χ4v) is 3.86. The Morgan fingerprint density at radius 3 is 2.23 bits per heavy atom. The monoisotopic (exact) mass is 386 g/mol. The molecule has 0 bridgehead atoms. The molecular formula is C17H17F3N2O3S. The number of halogens is 3. The smallest absolute Gasteiger partial charge is 0.406 e. The number of rotatable bonds is 5. The zero-order chi connectivity index (χ0) is 18.8. The van der Waals surface area contributed by atoms with Gasteiger partial charge in [0.25, 0.3) is 10.0 Å². The van der Waals surface area contributed by atoms with Crippen molar-refractivity contribution in [3.05, 3.63) is 54.1 Å². The van der Waals surface area contributed by atoms with E-state index in [1.807, 2.05) is 12.1 Å². The highest BCUT2D eigenvalue weighted by Crippen LogP contribution is 2.26. The van der Waals surface area contributed by atoms with Crippen molar-refractivity contribution >= 4 is 15.7 Å². The molecule has 1 aliphatic rings. The highest BCUT2D eigenvalue weighted by Gasteiger charge is 2.31. The van der Waals surface area contributed by atoms with Crippen LogP contribution in [0.4, 0.5) is 18.9 Å². The summed E-state index contributed by atoms with van der Waals surface area (Å²) in [5, 5.41) is 3.27. The largest absolute Gasteiger partial charge is 0.573 e. The van der Waals surface area contributed by atoms with E-state index in [2.05, 4.69) is 14.8 Å². The molecule has 5 nitrogen and oxygen atoms in total. The second kappa shape index (κ2) is 7.16. The van der Waals surface area contributed by atoms with Crippen molar-refractivity contribution in [2.24, 2.45) is 0 Å². The van der Waals surface area contributed by atoms with Gasteiger partial charge in [0.1, 0.15) is 5.75 Å². The van der Waals surface area contributed by atoms with Crippen LogP contribution in [0, 0.1) is 0 Å². The van der Waals surface area contributed by atoms with Gasteiger partial charge in [-0.3, -0.25) is 4.72 Å².